The smallest absolute Gasteiger partial charge is 0.224 e. The minimum Gasteiger partial charge on any atom is -0.326 e. The van der Waals surface area contributed by atoms with Crippen molar-refractivity contribution in [2.45, 2.75) is 12.8 Å². The number of fused-ring (bicyclic) bond motifs is 1. The number of hydrogen-bond donors (Lipinski definition) is 1. The average Bonchev–Trinajstić information content (AvgIpc) is 2.45. The zero-order chi connectivity index (χ0) is 15.0. The van der Waals surface area contributed by atoms with E-state index >= 15 is 0 Å². The summed E-state index contributed by atoms with van der Waals surface area (Å²) in [5, 5.41) is 2.61. The minimum absolute atomic E-state index is 0.00945. The molecular formula is C15H10BrFN2O2. The summed E-state index contributed by atoms with van der Waals surface area (Å²) in [6.45, 7) is 0. The molecule has 2 aromatic rings. The molecule has 21 heavy (non-hydrogen) atoms. The summed E-state index contributed by atoms with van der Waals surface area (Å²) in [6.07, 6.45) is 3.78. The summed E-state index contributed by atoms with van der Waals surface area (Å²) in [5.74, 6) is -1.22. The van der Waals surface area contributed by atoms with E-state index in [2.05, 4.69) is 26.2 Å². The first-order valence-corrected chi connectivity index (χ1v) is 7.11. The highest BCUT2D eigenvalue weighted by Crippen LogP contribution is 2.27. The van der Waals surface area contributed by atoms with E-state index in [9.17, 15) is 14.0 Å². The summed E-state index contributed by atoms with van der Waals surface area (Å²) in [5.41, 5.74) is 1.50. The van der Waals surface area contributed by atoms with Crippen molar-refractivity contribution >= 4 is 33.3 Å². The van der Waals surface area contributed by atoms with Crippen LogP contribution in [0, 0.1) is 5.82 Å². The molecule has 1 amide bonds. The molecule has 4 nitrogen and oxygen atoms in total. The average molecular weight is 349 g/mol. The van der Waals surface area contributed by atoms with Gasteiger partial charge in [0.25, 0.3) is 0 Å². The first-order chi connectivity index (χ1) is 10.0. The predicted molar refractivity (Wildman–Crippen MR) is 78.7 cm³/mol. The Morgan fingerprint density at radius 3 is 2.81 bits per heavy atom. The molecule has 1 N–H and O–H groups in total. The maximum atomic E-state index is 14.1. The molecular weight excluding hydrogens is 339 g/mol. The van der Waals surface area contributed by atoms with Crippen LogP contribution < -0.4 is 5.32 Å². The number of ketones is 1. The van der Waals surface area contributed by atoms with Crippen LogP contribution in [0.1, 0.15) is 27.9 Å². The number of carbonyl (C=O) groups excluding carboxylic acids is 2. The Balaban J connectivity index is 2.03. The topological polar surface area (TPSA) is 59.1 Å². The van der Waals surface area contributed by atoms with Gasteiger partial charge in [-0.1, -0.05) is 0 Å². The summed E-state index contributed by atoms with van der Waals surface area (Å²) in [7, 11) is 0. The zero-order valence-corrected chi connectivity index (χ0v) is 12.4. The number of aryl methyl sites for hydroxylation is 1. The third kappa shape index (κ3) is 2.71. The van der Waals surface area contributed by atoms with Crippen LogP contribution in [0.25, 0.3) is 0 Å². The molecule has 1 aromatic heterocycles. The number of halogens is 2. The van der Waals surface area contributed by atoms with Gasteiger partial charge >= 0.3 is 0 Å². The van der Waals surface area contributed by atoms with Crippen molar-refractivity contribution in [2.75, 3.05) is 5.32 Å². The van der Waals surface area contributed by atoms with Gasteiger partial charge in [-0.2, -0.15) is 0 Å². The lowest BCUT2D eigenvalue weighted by Crippen LogP contribution is -2.20. The van der Waals surface area contributed by atoms with Crippen LogP contribution in [0.15, 0.2) is 35.1 Å². The third-order valence-corrected chi connectivity index (χ3v) is 3.73. The van der Waals surface area contributed by atoms with Crippen molar-refractivity contribution in [1.29, 1.82) is 0 Å². The Labute approximate surface area is 128 Å². The van der Waals surface area contributed by atoms with Gasteiger partial charge in [0.05, 0.1) is 5.56 Å². The van der Waals surface area contributed by atoms with Gasteiger partial charge in [-0.25, -0.2) is 4.39 Å². The Hall–Kier alpha value is -2.08. The van der Waals surface area contributed by atoms with Crippen LogP contribution in [-0.2, 0) is 11.2 Å². The second-order valence-corrected chi connectivity index (χ2v) is 5.67. The first-order valence-electron chi connectivity index (χ1n) is 6.32. The van der Waals surface area contributed by atoms with E-state index in [1.807, 2.05) is 0 Å². The van der Waals surface area contributed by atoms with E-state index in [4.69, 9.17) is 0 Å². The highest BCUT2D eigenvalue weighted by atomic mass is 79.9. The Kier molecular flexibility index (Phi) is 3.55. The molecule has 1 aliphatic heterocycles. The van der Waals surface area contributed by atoms with Gasteiger partial charge in [-0.3, -0.25) is 14.6 Å². The lowest BCUT2D eigenvalue weighted by atomic mass is 9.96. The van der Waals surface area contributed by atoms with E-state index in [0.29, 0.717) is 28.6 Å². The number of benzene rings is 1. The third-order valence-electron chi connectivity index (χ3n) is 3.30. The Bertz CT molecular complexity index is 761. The van der Waals surface area contributed by atoms with E-state index in [-0.39, 0.29) is 11.5 Å². The van der Waals surface area contributed by atoms with Crippen molar-refractivity contribution in [3.8, 4) is 0 Å². The molecule has 2 heterocycles. The summed E-state index contributed by atoms with van der Waals surface area (Å²) >= 11 is 3.23. The van der Waals surface area contributed by atoms with E-state index in [0.717, 1.165) is 5.56 Å². The number of rotatable bonds is 2. The van der Waals surface area contributed by atoms with E-state index in [1.165, 1.54) is 18.3 Å². The van der Waals surface area contributed by atoms with E-state index in [1.54, 1.807) is 12.3 Å². The van der Waals surface area contributed by atoms with Gasteiger partial charge in [0.1, 0.15) is 5.82 Å². The van der Waals surface area contributed by atoms with Crippen LogP contribution in [0.3, 0.4) is 0 Å². The first kappa shape index (κ1) is 13.9. The molecule has 6 heteroatoms. The fourth-order valence-electron chi connectivity index (χ4n) is 2.27. The van der Waals surface area contributed by atoms with Crippen molar-refractivity contribution in [2.24, 2.45) is 0 Å². The van der Waals surface area contributed by atoms with Gasteiger partial charge in [0.15, 0.2) is 5.78 Å². The van der Waals surface area contributed by atoms with Crippen molar-refractivity contribution in [1.82, 2.24) is 4.98 Å². The normalized spacial score (nSPS) is 13.5. The second kappa shape index (κ2) is 5.37. The SMILES string of the molecule is O=C1CCc2cc(C(=O)c3cncc(Br)c3)c(F)cc2N1. The number of anilines is 1. The number of hydrogen-bond acceptors (Lipinski definition) is 3. The lowest BCUT2D eigenvalue weighted by molar-refractivity contribution is -0.116. The van der Waals surface area contributed by atoms with E-state index < -0.39 is 11.6 Å². The van der Waals surface area contributed by atoms with Crippen molar-refractivity contribution < 1.29 is 14.0 Å². The Morgan fingerprint density at radius 1 is 1.24 bits per heavy atom. The van der Waals surface area contributed by atoms with Crippen LogP contribution in [-0.4, -0.2) is 16.7 Å². The Morgan fingerprint density at radius 2 is 2.05 bits per heavy atom. The highest BCUT2D eigenvalue weighted by Gasteiger charge is 2.21. The maximum Gasteiger partial charge on any atom is 0.224 e. The molecule has 0 saturated carbocycles. The minimum atomic E-state index is -0.652. The number of pyridine rings is 1. The summed E-state index contributed by atoms with van der Waals surface area (Å²) in [4.78, 5) is 27.6. The zero-order valence-electron chi connectivity index (χ0n) is 10.8. The summed E-state index contributed by atoms with van der Waals surface area (Å²) < 4.78 is 14.8. The van der Waals surface area contributed by atoms with Gasteiger partial charge in [-0.05, 0) is 46.1 Å². The molecule has 0 radical (unpaired) electrons. The molecule has 1 aromatic carbocycles. The standard InChI is InChI=1S/C15H10BrFN2O2/c16-10-3-9(6-18-7-10)15(21)11-4-8-1-2-14(20)19-13(8)5-12(11)17/h3-7H,1-2H2,(H,19,20). The number of aromatic nitrogens is 1. The highest BCUT2D eigenvalue weighted by molar-refractivity contribution is 9.10. The van der Waals surface area contributed by atoms with Crippen LogP contribution in [0.4, 0.5) is 10.1 Å². The van der Waals surface area contributed by atoms with Crippen LogP contribution in [0.5, 0.6) is 0 Å². The second-order valence-electron chi connectivity index (χ2n) is 4.76. The molecule has 0 bridgehead atoms. The molecule has 3 rings (SSSR count). The van der Waals surface area contributed by atoms with Crippen molar-refractivity contribution in [3.05, 3.63) is 57.6 Å². The number of nitrogens with one attached hydrogen (secondary N) is 1. The molecule has 1 aliphatic rings. The predicted octanol–water partition coefficient (Wildman–Crippen LogP) is 3.10. The number of nitrogens with zero attached hydrogens (tertiary/aromatic N) is 1. The molecule has 0 aliphatic carbocycles. The molecule has 0 atom stereocenters. The van der Waals surface area contributed by atoms with Crippen LogP contribution >= 0.6 is 15.9 Å². The van der Waals surface area contributed by atoms with Gasteiger partial charge in [0, 0.05) is 34.5 Å². The molecule has 106 valence electrons. The largest absolute Gasteiger partial charge is 0.326 e. The van der Waals surface area contributed by atoms with Gasteiger partial charge < -0.3 is 5.32 Å². The molecule has 0 fully saturated rings. The molecule has 0 saturated heterocycles. The maximum absolute atomic E-state index is 14.1. The monoisotopic (exact) mass is 348 g/mol. The number of carbonyl (C=O) groups is 2. The van der Waals surface area contributed by atoms with Crippen molar-refractivity contribution in [3.63, 3.8) is 0 Å². The van der Waals surface area contributed by atoms with Gasteiger partial charge in [-0.15, -0.1) is 0 Å². The van der Waals surface area contributed by atoms with Gasteiger partial charge in [0.2, 0.25) is 5.91 Å². The number of amides is 1. The van der Waals surface area contributed by atoms with Crippen LogP contribution in [0.2, 0.25) is 0 Å². The fourth-order valence-corrected chi connectivity index (χ4v) is 2.63. The molecule has 0 unspecified atom stereocenters. The quantitative estimate of drug-likeness (QED) is 0.848. The molecule has 0 spiro atoms. The fraction of sp³-hybridized carbons (Fsp3) is 0.133. The summed E-state index contributed by atoms with van der Waals surface area (Å²) in [6, 6.07) is 4.30. The lowest BCUT2D eigenvalue weighted by Gasteiger charge is -2.18.